The predicted octanol–water partition coefficient (Wildman–Crippen LogP) is 0.973. The number of primary amides is 1. The van der Waals surface area contributed by atoms with Crippen LogP contribution in [0, 0.1) is 0 Å². The van der Waals surface area contributed by atoms with Crippen LogP contribution >= 0.6 is 0 Å². The van der Waals surface area contributed by atoms with Crippen LogP contribution in [0.3, 0.4) is 0 Å². The largest absolute Gasteiger partial charge is 0.493 e. The first-order chi connectivity index (χ1) is 13.0. The summed E-state index contributed by atoms with van der Waals surface area (Å²) in [6, 6.07) is 4.21. The molecule has 9 nitrogen and oxygen atoms in total. The third kappa shape index (κ3) is 4.20. The highest BCUT2D eigenvalue weighted by Gasteiger charge is 2.32. The molecule has 3 rings (SSSR count). The van der Waals surface area contributed by atoms with Crippen molar-refractivity contribution in [2.24, 2.45) is 5.73 Å². The fourth-order valence-corrected chi connectivity index (χ4v) is 3.07. The maximum absolute atomic E-state index is 12.7. The van der Waals surface area contributed by atoms with Crippen LogP contribution in [0.4, 0.5) is 5.69 Å². The number of anilines is 1. The number of aromatic nitrogens is 2. The molecule has 1 aliphatic rings. The number of hydrogen-bond acceptors (Lipinski definition) is 6. The molecule has 4 N–H and O–H groups in total. The minimum atomic E-state index is -0.822. The average Bonchev–Trinajstić information content (AvgIpc) is 2.68. The number of piperidine rings is 1. The number of rotatable bonds is 3. The maximum Gasteiger partial charge on any atom is 0.313 e. The molecule has 0 aromatic carbocycles. The summed E-state index contributed by atoms with van der Waals surface area (Å²) in [6.07, 6.45) is 6.52. The second-order valence-corrected chi connectivity index (χ2v) is 6.24. The molecule has 1 aliphatic heterocycles. The molecule has 0 spiro atoms. The Kier molecular flexibility index (Phi) is 5.30. The number of pyridine rings is 2. The Morgan fingerprint density at radius 1 is 1.19 bits per heavy atom. The van der Waals surface area contributed by atoms with Gasteiger partial charge in [0.2, 0.25) is 11.8 Å². The first-order valence-electron chi connectivity index (χ1n) is 8.47. The first-order valence-corrected chi connectivity index (χ1v) is 8.47. The Hall–Kier alpha value is -3.49. The zero-order valence-electron chi connectivity index (χ0n) is 14.5. The predicted molar refractivity (Wildman–Crippen MR) is 95.6 cm³/mol. The van der Waals surface area contributed by atoms with Crippen molar-refractivity contribution in [3.63, 3.8) is 0 Å². The van der Waals surface area contributed by atoms with Crippen LogP contribution in [0.2, 0.25) is 0 Å². The summed E-state index contributed by atoms with van der Waals surface area (Å²) in [4.78, 5) is 45.5. The smallest absolute Gasteiger partial charge is 0.313 e. The van der Waals surface area contributed by atoms with Crippen LogP contribution in [0.1, 0.15) is 41.2 Å². The van der Waals surface area contributed by atoms with Crippen molar-refractivity contribution in [1.29, 1.82) is 0 Å². The Morgan fingerprint density at radius 2 is 2.00 bits per heavy atom. The van der Waals surface area contributed by atoms with E-state index in [0.29, 0.717) is 13.0 Å². The fraction of sp³-hybridized carbons (Fsp3) is 0.278. The quantitative estimate of drug-likeness (QED) is 0.689. The van der Waals surface area contributed by atoms with Gasteiger partial charge in [0, 0.05) is 25.0 Å². The molecule has 9 heteroatoms. The van der Waals surface area contributed by atoms with Gasteiger partial charge in [0.05, 0.1) is 23.5 Å². The lowest BCUT2D eigenvalue weighted by Gasteiger charge is -2.35. The molecule has 1 saturated heterocycles. The Bertz CT molecular complexity index is 868. The van der Waals surface area contributed by atoms with Crippen LogP contribution in [0.25, 0.3) is 0 Å². The van der Waals surface area contributed by atoms with Gasteiger partial charge in [0.1, 0.15) is 0 Å². The van der Waals surface area contributed by atoms with Crippen molar-refractivity contribution in [2.45, 2.75) is 25.3 Å². The number of aromatic hydroxyl groups is 1. The summed E-state index contributed by atoms with van der Waals surface area (Å²) in [5, 5.41) is 11.8. The summed E-state index contributed by atoms with van der Waals surface area (Å²) in [7, 11) is 0. The standard InChI is InChI=1S/C18H19N5O4/c19-16(25)12-7-13(10-20-8-12)22-17(26)18(27)23-6-2-1-3-14(23)11-4-5-15(24)21-9-11/h4-5,7-10,14H,1-3,6H2,(H2,19,25)(H,21,24)(H,22,26)/t14-/m0/s1. The lowest BCUT2D eigenvalue weighted by atomic mass is 9.96. The molecule has 3 amide bonds. The van der Waals surface area contributed by atoms with Crippen molar-refractivity contribution in [1.82, 2.24) is 14.9 Å². The van der Waals surface area contributed by atoms with Crippen LogP contribution in [0.15, 0.2) is 36.8 Å². The lowest BCUT2D eigenvalue weighted by Crippen LogP contribution is -2.44. The first kappa shape index (κ1) is 18.3. The second kappa shape index (κ2) is 7.81. The van der Waals surface area contributed by atoms with E-state index in [0.717, 1.165) is 18.4 Å². The number of hydrogen-bond donors (Lipinski definition) is 3. The molecule has 1 fully saturated rings. The van der Waals surface area contributed by atoms with Crippen molar-refractivity contribution in [3.05, 3.63) is 47.9 Å². The number of amides is 3. The van der Waals surface area contributed by atoms with Gasteiger partial charge in [-0.1, -0.05) is 6.07 Å². The van der Waals surface area contributed by atoms with E-state index in [1.807, 2.05) is 0 Å². The molecule has 0 aliphatic carbocycles. The molecule has 2 aromatic heterocycles. The minimum Gasteiger partial charge on any atom is -0.493 e. The normalized spacial score (nSPS) is 16.6. The van der Waals surface area contributed by atoms with Crippen molar-refractivity contribution in [2.75, 3.05) is 11.9 Å². The molecule has 140 valence electrons. The zero-order valence-corrected chi connectivity index (χ0v) is 14.5. The van der Waals surface area contributed by atoms with Crippen molar-refractivity contribution >= 4 is 23.4 Å². The molecular weight excluding hydrogens is 350 g/mol. The van der Waals surface area contributed by atoms with E-state index in [1.54, 1.807) is 6.07 Å². The molecule has 1 atom stereocenters. The van der Waals surface area contributed by atoms with E-state index in [1.165, 1.54) is 35.6 Å². The van der Waals surface area contributed by atoms with E-state index in [4.69, 9.17) is 5.73 Å². The van der Waals surface area contributed by atoms with Gasteiger partial charge in [-0.15, -0.1) is 0 Å². The second-order valence-electron chi connectivity index (χ2n) is 6.24. The van der Waals surface area contributed by atoms with Gasteiger partial charge in [-0.3, -0.25) is 19.4 Å². The van der Waals surface area contributed by atoms with Crippen LogP contribution in [0.5, 0.6) is 5.88 Å². The van der Waals surface area contributed by atoms with Gasteiger partial charge in [0.15, 0.2) is 0 Å². The molecule has 0 bridgehead atoms. The van der Waals surface area contributed by atoms with Gasteiger partial charge in [-0.2, -0.15) is 0 Å². The number of likely N-dealkylation sites (tertiary alicyclic amines) is 1. The Labute approximate surface area is 155 Å². The molecule has 2 aromatic rings. The van der Waals surface area contributed by atoms with Gasteiger partial charge in [-0.05, 0) is 30.9 Å². The van der Waals surface area contributed by atoms with E-state index >= 15 is 0 Å². The Morgan fingerprint density at radius 3 is 2.70 bits per heavy atom. The number of carbonyl (C=O) groups excluding carboxylic acids is 3. The van der Waals surface area contributed by atoms with Crippen molar-refractivity contribution < 1.29 is 19.5 Å². The van der Waals surface area contributed by atoms with Gasteiger partial charge in [-0.25, -0.2) is 4.98 Å². The SMILES string of the molecule is NC(=O)c1cncc(NC(=O)C(=O)N2CCCC[C@H]2c2ccc(O)nc2)c1. The van der Waals surface area contributed by atoms with Crippen LogP contribution in [-0.4, -0.2) is 44.2 Å². The third-order valence-corrected chi connectivity index (χ3v) is 4.39. The van der Waals surface area contributed by atoms with Gasteiger partial charge >= 0.3 is 11.8 Å². The molecule has 0 unspecified atom stereocenters. The summed E-state index contributed by atoms with van der Waals surface area (Å²) in [6.45, 7) is 0.442. The Balaban J connectivity index is 1.76. The van der Waals surface area contributed by atoms with Gasteiger partial charge in [0.25, 0.3) is 0 Å². The zero-order chi connectivity index (χ0) is 19.4. The summed E-state index contributed by atoms with van der Waals surface area (Å²) >= 11 is 0. The van der Waals surface area contributed by atoms with Crippen LogP contribution in [-0.2, 0) is 9.59 Å². The maximum atomic E-state index is 12.7. The summed E-state index contributed by atoms with van der Waals surface area (Å²) in [5.41, 5.74) is 6.29. The minimum absolute atomic E-state index is 0.105. The number of nitrogens with zero attached hydrogens (tertiary/aromatic N) is 3. The molecular formula is C18H19N5O4. The topological polar surface area (TPSA) is 139 Å². The number of carbonyl (C=O) groups is 3. The molecule has 27 heavy (non-hydrogen) atoms. The van der Waals surface area contributed by atoms with E-state index in [9.17, 15) is 19.5 Å². The number of nitrogens with one attached hydrogen (secondary N) is 1. The van der Waals surface area contributed by atoms with E-state index in [-0.39, 0.29) is 23.2 Å². The third-order valence-electron chi connectivity index (χ3n) is 4.39. The fourth-order valence-electron chi connectivity index (χ4n) is 3.07. The molecule has 3 heterocycles. The van der Waals surface area contributed by atoms with Crippen molar-refractivity contribution in [3.8, 4) is 5.88 Å². The monoisotopic (exact) mass is 369 g/mol. The van der Waals surface area contributed by atoms with E-state index in [2.05, 4.69) is 15.3 Å². The molecule has 0 radical (unpaired) electrons. The highest BCUT2D eigenvalue weighted by atomic mass is 16.3. The summed E-state index contributed by atoms with van der Waals surface area (Å²) in [5.74, 6) is -2.29. The highest BCUT2D eigenvalue weighted by molar-refractivity contribution is 6.39. The lowest BCUT2D eigenvalue weighted by molar-refractivity contribution is -0.145. The average molecular weight is 369 g/mol. The highest BCUT2D eigenvalue weighted by Crippen LogP contribution is 2.31. The van der Waals surface area contributed by atoms with E-state index < -0.39 is 17.7 Å². The van der Waals surface area contributed by atoms with Gasteiger partial charge < -0.3 is 21.1 Å². The number of nitrogens with two attached hydrogens (primary N) is 1. The summed E-state index contributed by atoms with van der Waals surface area (Å²) < 4.78 is 0. The van der Waals surface area contributed by atoms with Crippen LogP contribution < -0.4 is 11.1 Å². The molecule has 0 saturated carbocycles.